The summed E-state index contributed by atoms with van der Waals surface area (Å²) in [6.45, 7) is 9.37. The van der Waals surface area contributed by atoms with Crippen LogP contribution >= 0.6 is 0 Å². The molecule has 0 amide bonds. The molecule has 0 aromatic rings. The van der Waals surface area contributed by atoms with Gasteiger partial charge in [-0.05, 0) is 43.7 Å². The monoisotopic (exact) mass is 183 g/mol. The fourth-order valence-corrected chi connectivity index (χ4v) is 2.59. The van der Waals surface area contributed by atoms with Gasteiger partial charge in [-0.1, -0.05) is 33.6 Å². The van der Waals surface area contributed by atoms with Crippen LogP contribution < -0.4 is 5.32 Å². The normalized spacial score (nSPS) is 32.1. The highest BCUT2D eigenvalue weighted by Gasteiger charge is 2.50. The molecule has 1 rings (SSSR count). The molecule has 2 unspecified atom stereocenters. The van der Waals surface area contributed by atoms with E-state index in [1.54, 1.807) is 0 Å². The molecule has 0 bridgehead atoms. The van der Waals surface area contributed by atoms with Crippen LogP contribution in [-0.2, 0) is 0 Å². The van der Waals surface area contributed by atoms with Gasteiger partial charge in [0.05, 0.1) is 0 Å². The predicted molar refractivity (Wildman–Crippen MR) is 58.9 cm³/mol. The third-order valence-electron chi connectivity index (χ3n) is 3.63. The molecule has 0 radical (unpaired) electrons. The van der Waals surface area contributed by atoms with Gasteiger partial charge in [0.1, 0.15) is 0 Å². The Bertz CT molecular complexity index is 144. The molecule has 1 fully saturated rings. The number of rotatable bonds is 7. The van der Waals surface area contributed by atoms with Crippen LogP contribution in [0, 0.1) is 11.3 Å². The van der Waals surface area contributed by atoms with Crippen LogP contribution in [-0.4, -0.2) is 13.1 Å². The summed E-state index contributed by atoms with van der Waals surface area (Å²) in [6.07, 6.45) is 6.94. The van der Waals surface area contributed by atoms with Gasteiger partial charge in [-0.2, -0.15) is 0 Å². The van der Waals surface area contributed by atoms with Crippen molar-refractivity contribution < 1.29 is 0 Å². The Hall–Kier alpha value is -0.0400. The van der Waals surface area contributed by atoms with Gasteiger partial charge in [0, 0.05) is 0 Å². The van der Waals surface area contributed by atoms with Crippen molar-refractivity contribution in [3.63, 3.8) is 0 Å². The van der Waals surface area contributed by atoms with E-state index in [1.165, 1.54) is 45.2 Å². The highest BCUT2D eigenvalue weighted by Crippen LogP contribution is 2.57. The van der Waals surface area contributed by atoms with E-state index in [4.69, 9.17) is 0 Å². The Morgan fingerprint density at radius 2 is 2.00 bits per heavy atom. The molecule has 1 nitrogen and oxygen atoms in total. The van der Waals surface area contributed by atoms with Gasteiger partial charge in [-0.15, -0.1) is 0 Å². The van der Waals surface area contributed by atoms with Crippen LogP contribution in [0.15, 0.2) is 0 Å². The first-order chi connectivity index (χ1) is 6.29. The molecule has 1 aliphatic rings. The van der Waals surface area contributed by atoms with Gasteiger partial charge in [-0.3, -0.25) is 0 Å². The zero-order chi connectivity index (χ0) is 9.73. The van der Waals surface area contributed by atoms with Crippen LogP contribution in [0.5, 0.6) is 0 Å². The van der Waals surface area contributed by atoms with E-state index < -0.39 is 0 Å². The van der Waals surface area contributed by atoms with Crippen LogP contribution in [0.4, 0.5) is 0 Å². The lowest BCUT2D eigenvalue weighted by molar-refractivity contribution is 0.389. The Morgan fingerprint density at radius 3 is 2.54 bits per heavy atom. The molecule has 0 heterocycles. The molecular weight excluding hydrogens is 158 g/mol. The number of hydrogen-bond acceptors (Lipinski definition) is 1. The molecule has 0 aromatic carbocycles. The van der Waals surface area contributed by atoms with Crippen molar-refractivity contribution in [1.29, 1.82) is 0 Å². The second-order valence-electron chi connectivity index (χ2n) is 4.57. The van der Waals surface area contributed by atoms with Crippen molar-refractivity contribution in [2.75, 3.05) is 13.1 Å². The number of nitrogens with one attached hydrogen (secondary N) is 1. The van der Waals surface area contributed by atoms with E-state index in [0.29, 0.717) is 0 Å². The molecule has 0 spiro atoms. The maximum absolute atomic E-state index is 3.54. The van der Waals surface area contributed by atoms with E-state index in [-0.39, 0.29) is 0 Å². The van der Waals surface area contributed by atoms with Crippen molar-refractivity contribution in [2.24, 2.45) is 11.3 Å². The Morgan fingerprint density at radius 1 is 1.23 bits per heavy atom. The lowest BCUT2D eigenvalue weighted by atomic mass is 9.94. The summed E-state index contributed by atoms with van der Waals surface area (Å²) < 4.78 is 0. The molecular formula is C12H25N. The molecule has 2 atom stereocenters. The first-order valence-corrected chi connectivity index (χ1v) is 5.99. The van der Waals surface area contributed by atoms with E-state index in [9.17, 15) is 0 Å². The van der Waals surface area contributed by atoms with Crippen molar-refractivity contribution >= 4 is 0 Å². The Kier molecular flexibility index (Phi) is 4.24. The lowest BCUT2D eigenvalue weighted by Gasteiger charge is -2.13. The molecule has 1 saturated carbocycles. The second-order valence-corrected chi connectivity index (χ2v) is 4.57. The van der Waals surface area contributed by atoms with E-state index >= 15 is 0 Å². The third-order valence-corrected chi connectivity index (χ3v) is 3.63. The summed E-state index contributed by atoms with van der Waals surface area (Å²) in [5, 5.41) is 3.54. The molecule has 0 aliphatic heterocycles. The van der Waals surface area contributed by atoms with Gasteiger partial charge in [0.15, 0.2) is 0 Å². The molecule has 13 heavy (non-hydrogen) atoms. The fourth-order valence-electron chi connectivity index (χ4n) is 2.59. The first-order valence-electron chi connectivity index (χ1n) is 5.99. The zero-order valence-electron chi connectivity index (χ0n) is 9.53. The summed E-state index contributed by atoms with van der Waals surface area (Å²) in [5.41, 5.74) is 0.746. The molecule has 1 aliphatic carbocycles. The highest BCUT2D eigenvalue weighted by molar-refractivity contribution is 5.01. The summed E-state index contributed by atoms with van der Waals surface area (Å²) in [7, 11) is 0. The van der Waals surface area contributed by atoms with Crippen molar-refractivity contribution in [3.8, 4) is 0 Å². The summed E-state index contributed by atoms with van der Waals surface area (Å²) in [4.78, 5) is 0. The average molecular weight is 183 g/mol. The highest BCUT2D eigenvalue weighted by atomic mass is 14.9. The van der Waals surface area contributed by atoms with Crippen LogP contribution in [0.3, 0.4) is 0 Å². The minimum atomic E-state index is 0.746. The summed E-state index contributed by atoms with van der Waals surface area (Å²) in [6, 6.07) is 0. The maximum atomic E-state index is 3.54. The second kappa shape index (κ2) is 4.99. The minimum absolute atomic E-state index is 0.746. The summed E-state index contributed by atoms with van der Waals surface area (Å²) in [5.74, 6) is 0.990. The largest absolute Gasteiger partial charge is 0.316 e. The molecule has 78 valence electrons. The zero-order valence-corrected chi connectivity index (χ0v) is 9.53. The number of hydrogen-bond donors (Lipinski definition) is 1. The SMILES string of the molecule is CCCNCC1CC1(CC)CCC. The first kappa shape index (κ1) is 11.0. The van der Waals surface area contributed by atoms with Gasteiger partial charge in [0.25, 0.3) is 0 Å². The fraction of sp³-hybridized carbons (Fsp3) is 1.00. The van der Waals surface area contributed by atoms with Crippen LogP contribution in [0.2, 0.25) is 0 Å². The van der Waals surface area contributed by atoms with Crippen molar-refractivity contribution in [3.05, 3.63) is 0 Å². The lowest BCUT2D eigenvalue weighted by Crippen LogP contribution is -2.20. The van der Waals surface area contributed by atoms with Crippen molar-refractivity contribution in [1.82, 2.24) is 5.32 Å². The van der Waals surface area contributed by atoms with Crippen LogP contribution in [0.25, 0.3) is 0 Å². The smallest absolute Gasteiger partial charge is 0.00150 e. The van der Waals surface area contributed by atoms with E-state index in [2.05, 4.69) is 26.1 Å². The predicted octanol–water partition coefficient (Wildman–Crippen LogP) is 3.20. The summed E-state index contributed by atoms with van der Waals surface area (Å²) >= 11 is 0. The standard InChI is InChI=1S/C12H25N/c1-4-7-12(6-3)9-11(12)10-13-8-5-2/h11,13H,4-10H2,1-3H3. The Labute approximate surface area is 83.3 Å². The minimum Gasteiger partial charge on any atom is -0.316 e. The van der Waals surface area contributed by atoms with E-state index in [0.717, 1.165) is 11.3 Å². The molecule has 0 saturated heterocycles. The van der Waals surface area contributed by atoms with Crippen LogP contribution in [0.1, 0.15) is 52.9 Å². The van der Waals surface area contributed by atoms with Gasteiger partial charge < -0.3 is 5.32 Å². The molecule has 0 aromatic heterocycles. The topological polar surface area (TPSA) is 12.0 Å². The quantitative estimate of drug-likeness (QED) is 0.598. The maximum Gasteiger partial charge on any atom is -0.00150 e. The Balaban J connectivity index is 2.16. The third kappa shape index (κ3) is 2.70. The molecule has 1 heteroatoms. The van der Waals surface area contributed by atoms with Gasteiger partial charge in [0.2, 0.25) is 0 Å². The van der Waals surface area contributed by atoms with Gasteiger partial charge in [-0.25, -0.2) is 0 Å². The average Bonchev–Trinajstić information content (AvgIpc) is 2.81. The van der Waals surface area contributed by atoms with Crippen molar-refractivity contribution in [2.45, 2.75) is 52.9 Å². The molecule has 1 N–H and O–H groups in total. The van der Waals surface area contributed by atoms with Gasteiger partial charge >= 0.3 is 0 Å². The van der Waals surface area contributed by atoms with E-state index in [1.807, 2.05) is 0 Å².